The molecule has 21 heavy (non-hydrogen) atoms. The van der Waals surface area contributed by atoms with Gasteiger partial charge in [0.2, 0.25) is 0 Å². The van der Waals surface area contributed by atoms with Crippen LogP contribution in [0.1, 0.15) is 18.4 Å². The predicted molar refractivity (Wildman–Crippen MR) is 79.8 cm³/mol. The number of rotatable bonds is 7. The minimum absolute atomic E-state index is 0.222. The van der Waals surface area contributed by atoms with E-state index in [4.69, 9.17) is 14.2 Å². The summed E-state index contributed by atoms with van der Waals surface area (Å²) in [4.78, 5) is 12.2. The molecule has 116 valence electrons. The van der Waals surface area contributed by atoms with E-state index in [2.05, 4.69) is 5.32 Å². The van der Waals surface area contributed by atoms with Crippen LogP contribution in [0.3, 0.4) is 0 Å². The Morgan fingerprint density at radius 2 is 2.05 bits per heavy atom. The van der Waals surface area contributed by atoms with Crippen molar-refractivity contribution in [3.63, 3.8) is 0 Å². The van der Waals surface area contributed by atoms with Crippen molar-refractivity contribution in [3.8, 4) is 11.5 Å². The first kappa shape index (κ1) is 15.6. The number of aryl methyl sites for hydroxylation is 1. The number of ether oxygens (including phenoxy) is 3. The molecule has 0 aromatic heterocycles. The number of hydrogen-bond donors (Lipinski definition) is 1. The standard InChI is InChI=1S/C16H23NO4/c1-11-5-8-13(14(9-11)19-3)21-10-16(17-2,12-6-7-12)15(18)20-4/h5,8-9,12,17H,6-7,10H2,1-4H3. The van der Waals surface area contributed by atoms with Crippen LogP contribution in [0, 0.1) is 12.8 Å². The highest BCUT2D eigenvalue weighted by molar-refractivity contribution is 5.82. The van der Waals surface area contributed by atoms with Gasteiger partial charge in [0, 0.05) is 0 Å². The van der Waals surface area contributed by atoms with E-state index in [0.29, 0.717) is 11.5 Å². The molecule has 0 saturated heterocycles. The molecule has 2 rings (SSSR count). The third-order valence-electron chi connectivity index (χ3n) is 4.04. The number of likely N-dealkylation sites (N-methyl/N-ethyl adjacent to an activating group) is 1. The van der Waals surface area contributed by atoms with E-state index in [1.807, 2.05) is 25.1 Å². The fourth-order valence-electron chi connectivity index (χ4n) is 2.57. The van der Waals surface area contributed by atoms with Crippen molar-refractivity contribution in [3.05, 3.63) is 23.8 Å². The van der Waals surface area contributed by atoms with Crippen molar-refractivity contribution in [1.82, 2.24) is 5.32 Å². The molecule has 1 aromatic rings. The second kappa shape index (κ2) is 6.35. The topological polar surface area (TPSA) is 56.8 Å². The first-order chi connectivity index (χ1) is 10.1. The lowest BCUT2D eigenvalue weighted by Crippen LogP contribution is -2.57. The maximum absolute atomic E-state index is 12.2. The number of carbonyl (C=O) groups is 1. The molecular formula is C16H23NO4. The Morgan fingerprint density at radius 1 is 1.33 bits per heavy atom. The highest BCUT2D eigenvalue weighted by Gasteiger charge is 2.52. The molecular weight excluding hydrogens is 270 g/mol. The van der Waals surface area contributed by atoms with Gasteiger partial charge in [0.05, 0.1) is 14.2 Å². The fraction of sp³-hybridized carbons (Fsp3) is 0.562. The molecule has 0 bridgehead atoms. The lowest BCUT2D eigenvalue weighted by atomic mass is 9.94. The predicted octanol–water partition coefficient (Wildman–Crippen LogP) is 1.92. The van der Waals surface area contributed by atoms with E-state index < -0.39 is 5.54 Å². The average molecular weight is 293 g/mol. The highest BCUT2D eigenvalue weighted by Crippen LogP contribution is 2.41. The van der Waals surface area contributed by atoms with Crippen molar-refractivity contribution in [2.45, 2.75) is 25.3 Å². The molecule has 1 saturated carbocycles. The largest absolute Gasteiger partial charge is 0.493 e. The lowest BCUT2D eigenvalue weighted by Gasteiger charge is -2.30. The van der Waals surface area contributed by atoms with Gasteiger partial charge in [-0.15, -0.1) is 0 Å². The van der Waals surface area contributed by atoms with Crippen LogP contribution in [-0.4, -0.2) is 39.4 Å². The van der Waals surface area contributed by atoms with Crippen molar-refractivity contribution >= 4 is 5.97 Å². The molecule has 1 unspecified atom stereocenters. The summed E-state index contributed by atoms with van der Waals surface area (Å²) in [5.41, 5.74) is 0.305. The molecule has 1 fully saturated rings. The zero-order valence-electron chi connectivity index (χ0n) is 13.1. The summed E-state index contributed by atoms with van der Waals surface area (Å²) >= 11 is 0. The monoisotopic (exact) mass is 293 g/mol. The first-order valence-corrected chi connectivity index (χ1v) is 7.12. The van der Waals surface area contributed by atoms with E-state index in [9.17, 15) is 4.79 Å². The molecule has 1 aliphatic rings. The Labute approximate surface area is 125 Å². The summed E-state index contributed by atoms with van der Waals surface area (Å²) in [6.45, 7) is 2.21. The van der Waals surface area contributed by atoms with Crippen LogP contribution in [0.15, 0.2) is 18.2 Å². The molecule has 1 N–H and O–H groups in total. The molecule has 0 radical (unpaired) electrons. The van der Waals surface area contributed by atoms with E-state index in [0.717, 1.165) is 18.4 Å². The van der Waals surface area contributed by atoms with Gasteiger partial charge in [-0.3, -0.25) is 0 Å². The maximum Gasteiger partial charge on any atom is 0.329 e. The molecule has 0 spiro atoms. The normalized spacial score (nSPS) is 17.0. The molecule has 1 aromatic carbocycles. The zero-order valence-corrected chi connectivity index (χ0v) is 13.1. The average Bonchev–Trinajstić information content (AvgIpc) is 3.34. The number of hydrogen-bond acceptors (Lipinski definition) is 5. The quantitative estimate of drug-likeness (QED) is 0.778. The van der Waals surface area contributed by atoms with Gasteiger partial charge in [-0.2, -0.15) is 0 Å². The van der Waals surface area contributed by atoms with Gasteiger partial charge in [0.25, 0.3) is 0 Å². The summed E-state index contributed by atoms with van der Waals surface area (Å²) in [5.74, 6) is 1.28. The van der Waals surface area contributed by atoms with Crippen molar-refractivity contribution in [2.24, 2.45) is 5.92 Å². The molecule has 5 nitrogen and oxygen atoms in total. The maximum atomic E-state index is 12.2. The third-order valence-corrected chi connectivity index (χ3v) is 4.04. The van der Waals surface area contributed by atoms with Crippen LogP contribution >= 0.6 is 0 Å². The minimum atomic E-state index is -0.787. The SMILES string of the molecule is CNC(COc1ccc(C)cc1OC)(C(=O)OC)C1CC1. The van der Waals surface area contributed by atoms with E-state index in [-0.39, 0.29) is 18.5 Å². The Morgan fingerprint density at radius 3 is 2.57 bits per heavy atom. The van der Waals surface area contributed by atoms with Crippen LogP contribution in [-0.2, 0) is 9.53 Å². The van der Waals surface area contributed by atoms with E-state index >= 15 is 0 Å². The molecule has 5 heteroatoms. The Balaban J connectivity index is 2.17. The summed E-state index contributed by atoms with van der Waals surface area (Å²) in [5, 5.41) is 3.11. The van der Waals surface area contributed by atoms with E-state index in [1.54, 1.807) is 14.2 Å². The molecule has 0 heterocycles. The zero-order chi connectivity index (χ0) is 15.5. The Hall–Kier alpha value is -1.75. The molecule has 1 atom stereocenters. The van der Waals surface area contributed by atoms with Crippen LogP contribution in [0.2, 0.25) is 0 Å². The summed E-state index contributed by atoms with van der Waals surface area (Å²) in [7, 11) is 4.78. The summed E-state index contributed by atoms with van der Waals surface area (Å²) < 4.78 is 16.2. The molecule has 0 aliphatic heterocycles. The van der Waals surface area contributed by atoms with E-state index in [1.165, 1.54) is 7.11 Å². The number of carbonyl (C=O) groups excluding carboxylic acids is 1. The Bertz CT molecular complexity index is 513. The van der Waals surface area contributed by atoms with Gasteiger partial charge >= 0.3 is 5.97 Å². The number of esters is 1. The van der Waals surface area contributed by atoms with Gasteiger partial charge in [0.15, 0.2) is 17.0 Å². The second-order valence-corrected chi connectivity index (χ2v) is 5.43. The third kappa shape index (κ3) is 3.13. The van der Waals surface area contributed by atoms with Gasteiger partial charge in [0.1, 0.15) is 6.61 Å². The minimum Gasteiger partial charge on any atom is -0.493 e. The lowest BCUT2D eigenvalue weighted by molar-refractivity contribution is -0.151. The van der Waals surface area contributed by atoms with Crippen molar-refractivity contribution < 1.29 is 19.0 Å². The van der Waals surface area contributed by atoms with Crippen LogP contribution < -0.4 is 14.8 Å². The highest BCUT2D eigenvalue weighted by atomic mass is 16.5. The Kier molecular flexibility index (Phi) is 4.73. The van der Waals surface area contributed by atoms with Gasteiger partial charge in [-0.05, 0) is 50.4 Å². The van der Waals surface area contributed by atoms with Gasteiger partial charge in [-0.25, -0.2) is 4.79 Å². The summed E-state index contributed by atoms with van der Waals surface area (Å²) in [6.07, 6.45) is 2.01. The first-order valence-electron chi connectivity index (χ1n) is 7.12. The van der Waals surface area contributed by atoms with Gasteiger partial charge < -0.3 is 19.5 Å². The number of nitrogens with one attached hydrogen (secondary N) is 1. The van der Waals surface area contributed by atoms with Crippen molar-refractivity contribution in [2.75, 3.05) is 27.9 Å². The van der Waals surface area contributed by atoms with Gasteiger partial charge in [-0.1, -0.05) is 6.07 Å². The molecule has 0 amide bonds. The summed E-state index contributed by atoms with van der Waals surface area (Å²) in [6, 6.07) is 5.72. The van der Waals surface area contributed by atoms with Crippen LogP contribution in [0.4, 0.5) is 0 Å². The van der Waals surface area contributed by atoms with Crippen molar-refractivity contribution in [1.29, 1.82) is 0 Å². The van der Waals surface area contributed by atoms with Crippen LogP contribution in [0.5, 0.6) is 11.5 Å². The fourth-order valence-corrected chi connectivity index (χ4v) is 2.57. The van der Waals surface area contributed by atoms with Crippen LogP contribution in [0.25, 0.3) is 0 Å². The number of methoxy groups -OCH3 is 2. The number of benzene rings is 1. The second-order valence-electron chi connectivity index (χ2n) is 5.43. The molecule has 1 aliphatic carbocycles. The smallest absolute Gasteiger partial charge is 0.329 e.